The number of carbonyl (C=O) groups excluding carboxylic acids is 2. The zero-order valence-corrected chi connectivity index (χ0v) is 8.30. The Labute approximate surface area is 86.4 Å². The van der Waals surface area contributed by atoms with E-state index in [0.29, 0.717) is 0 Å². The normalized spacial score (nSPS) is 14.1. The monoisotopic (exact) mass is 218 g/mol. The minimum atomic E-state index is -1.19. The van der Waals surface area contributed by atoms with E-state index >= 15 is 0 Å². The van der Waals surface area contributed by atoms with Gasteiger partial charge in [-0.25, -0.2) is 0 Å². The van der Waals surface area contributed by atoms with Gasteiger partial charge in [-0.3, -0.25) is 14.4 Å². The summed E-state index contributed by atoms with van der Waals surface area (Å²) in [6, 6.07) is -1.99. The van der Waals surface area contributed by atoms with E-state index in [-0.39, 0.29) is 0 Å². The van der Waals surface area contributed by atoms with Gasteiger partial charge in [0.15, 0.2) is 12.4 Å². The van der Waals surface area contributed by atoms with Gasteiger partial charge in [0.05, 0.1) is 12.5 Å². The van der Waals surface area contributed by atoms with Crippen LogP contribution in [-0.4, -0.2) is 41.5 Å². The molecule has 0 aliphatic rings. The molecule has 0 aliphatic carbocycles. The van der Waals surface area contributed by atoms with Gasteiger partial charge in [-0.1, -0.05) is 0 Å². The third-order valence-corrected chi connectivity index (χ3v) is 1.54. The number of esters is 1. The summed E-state index contributed by atoms with van der Waals surface area (Å²) in [5, 5.41) is 8.34. The summed E-state index contributed by atoms with van der Waals surface area (Å²) in [5.41, 5.74) is 10.4. The molecule has 0 amide bonds. The number of carboxylic acid groups (broad SMARTS) is 1. The van der Waals surface area contributed by atoms with Crippen molar-refractivity contribution < 1.29 is 24.2 Å². The number of carboxylic acids is 1. The summed E-state index contributed by atoms with van der Waals surface area (Å²) in [5.74, 6) is -2.56. The quantitative estimate of drug-likeness (QED) is 0.450. The lowest BCUT2D eigenvalue weighted by atomic mass is 10.1. The van der Waals surface area contributed by atoms with Crippen molar-refractivity contribution in [1.29, 1.82) is 0 Å². The number of rotatable bonds is 6. The van der Waals surface area contributed by atoms with Crippen molar-refractivity contribution >= 4 is 17.7 Å². The van der Waals surface area contributed by atoms with E-state index in [9.17, 15) is 14.4 Å². The lowest BCUT2D eigenvalue weighted by Gasteiger charge is -2.09. The molecule has 0 aliphatic heterocycles. The van der Waals surface area contributed by atoms with Crippen LogP contribution in [0.5, 0.6) is 0 Å². The number of ether oxygens (including phenoxy) is 1. The summed E-state index contributed by atoms with van der Waals surface area (Å²) < 4.78 is 4.48. The highest BCUT2D eigenvalue weighted by Gasteiger charge is 2.19. The van der Waals surface area contributed by atoms with E-state index in [4.69, 9.17) is 16.6 Å². The van der Waals surface area contributed by atoms with Gasteiger partial charge in [0.25, 0.3) is 0 Å². The molecule has 0 aromatic carbocycles. The van der Waals surface area contributed by atoms with Gasteiger partial charge in [-0.15, -0.1) is 0 Å². The van der Waals surface area contributed by atoms with Crippen LogP contribution in [0.4, 0.5) is 0 Å². The third kappa shape index (κ3) is 5.76. The van der Waals surface area contributed by atoms with Crippen molar-refractivity contribution in [3.63, 3.8) is 0 Å². The zero-order valence-electron chi connectivity index (χ0n) is 8.30. The summed E-state index contributed by atoms with van der Waals surface area (Å²) in [4.78, 5) is 32.1. The topological polar surface area (TPSA) is 133 Å². The number of nitrogens with two attached hydrogens (primary N) is 2. The molecule has 0 heterocycles. The zero-order chi connectivity index (χ0) is 12.0. The highest BCUT2D eigenvalue weighted by atomic mass is 16.5. The fourth-order valence-electron chi connectivity index (χ4n) is 0.683. The molecular weight excluding hydrogens is 204 g/mol. The standard InChI is InChI=1S/C8H14N2O5/c1-4(9)8(14)15-3-6(11)5(10)2-7(12)13/h4-5H,2-3,9-10H2,1H3,(H,12,13)/t4-,5-/m0/s1. The Bertz CT molecular complexity index is 264. The molecular formula is C8H14N2O5. The van der Waals surface area contributed by atoms with Gasteiger partial charge in [-0.05, 0) is 6.92 Å². The summed E-state index contributed by atoms with van der Waals surface area (Å²) in [6.45, 7) is 0.860. The van der Waals surface area contributed by atoms with Crippen LogP contribution in [-0.2, 0) is 19.1 Å². The average Bonchev–Trinajstić information content (AvgIpc) is 2.12. The lowest BCUT2D eigenvalue weighted by molar-refractivity contribution is -0.149. The van der Waals surface area contributed by atoms with Gasteiger partial charge >= 0.3 is 11.9 Å². The highest BCUT2D eigenvalue weighted by Crippen LogP contribution is 1.93. The Morgan fingerprint density at radius 2 is 1.87 bits per heavy atom. The van der Waals surface area contributed by atoms with Crippen LogP contribution in [0.25, 0.3) is 0 Å². The second-order valence-electron chi connectivity index (χ2n) is 3.07. The highest BCUT2D eigenvalue weighted by molar-refractivity contribution is 5.90. The SMILES string of the molecule is C[C@H](N)C(=O)OCC(=O)[C@@H](N)CC(=O)O. The molecule has 0 saturated carbocycles. The van der Waals surface area contributed by atoms with Crippen LogP contribution in [0, 0.1) is 0 Å². The number of hydrogen-bond acceptors (Lipinski definition) is 6. The van der Waals surface area contributed by atoms with Gasteiger partial charge in [0.2, 0.25) is 0 Å². The van der Waals surface area contributed by atoms with Gasteiger partial charge in [0, 0.05) is 0 Å². The fourth-order valence-corrected chi connectivity index (χ4v) is 0.683. The van der Waals surface area contributed by atoms with Gasteiger partial charge < -0.3 is 21.3 Å². The van der Waals surface area contributed by atoms with Crippen LogP contribution >= 0.6 is 0 Å². The van der Waals surface area contributed by atoms with Crippen molar-refractivity contribution in [3.8, 4) is 0 Å². The molecule has 86 valence electrons. The number of hydrogen-bond donors (Lipinski definition) is 3. The maximum atomic E-state index is 11.1. The molecule has 0 saturated heterocycles. The maximum Gasteiger partial charge on any atom is 0.323 e. The Morgan fingerprint density at radius 3 is 2.27 bits per heavy atom. The number of ketones is 1. The van der Waals surface area contributed by atoms with Crippen molar-refractivity contribution in [2.24, 2.45) is 11.5 Å². The van der Waals surface area contributed by atoms with E-state index in [2.05, 4.69) is 4.74 Å². The molecule has 0 bridgehead atoms. The molecule has 0 aromatic rings. The van der Waals surface area contributed by atoms with Crippen LogP contribution in [0.3, 0.4) is 0 Å². The Balaban J connectivity index is 3.93. The van der Waals surface area contributed by atoms with E-state index in [1.54, 1.807) is 0 Å². The first kappa shape index (κ1) is 13.5. The molecule has 2 atom stereocenters. The first-order valence-corrected chi connectivity index (χ1v) is 4.27. The van der Waals surface area contributed by atoms with Crippen LogP contribution < -0.4 is 11.5 Å². The minimum absolute atomic E-state index is 0.492. The second kappa shape index (κ2) is 6.10. The lowest BCUT2D eigenvalue weighted by Crippen LogP contribution is -2.38. The third-order valence-electron chi connectivity index (χ3n) is 1.54. The van der Waals surface area contributed by atoms with Crippen LogP contribution in [0.2, 0.25) is 0 Å². The maximum absolute atomic E-state index is 11.1. The van der Waals surface area contributed by atoms with Crippen LogP contribution in [0.1, 0.15) is 13.3 Å². The summed E-state index contributed by atoms with van der Waals surface area (Å²) >= 11 is 0. The van der Waals surface area contributed by atoms with Crippen molar-refractivity contribution in [1.82, 2.24) is 0 Å². The molecule has 5 N–H and O–H groups in total. The predicted octanol–water partition coefficient (Wildman–Crippen LogP) is -1.75. The first-order valence-electron chi connectivity index (χ1n) is 4.27. The first-order chi connectivity index (χ1) is 6.84. The Morgan fingerprint density at radius 1 is 1.33 bits per heavy atom. The van der Waals surface area contributed by atoms with E-state index in [1.165, 1.54) is 6.92 Å². The summed E-state index contributed by atoms with van der Waals surface area (Å²) in [6.07, 6.45) is -0.492. The van der Waals surface area contributed by atoms with E-state index < -0.39 is 42.8 Å². The number of carbonyl (C=O) groups is 3. The fraction of sp³-hybridized carbons (Fsp3) is 0.625. The molecule has 0 unspecified atom stereocenters. The van der Waals surface area contributed by atoms with Crippen molar-refractivity contribution in [2.75, 3.05) is 6.61 Å². The van der Waals surface area contributed by atoms with E-state index in [1.807, 2.05) is 0 Å². The van der Waals surface area contributed by atoms with Crippen LogP contribution in [0.15, 0.2) is 0 Å². The Hall–Kier alpha value is -1.47. The van der Waals surface area contributed by atoms with Gasteiger partial charge in [-0.2, -0.15) is 0 Å². The van der Waals surface area contributed by atoms with Gasteiger partial charge in [0.1, 0.15) is 6.04 Å². The molecule has 0 aromatic heterocycles. The smallest absolute Gasteiger partial charge is 0.323 e. The molecule has 0 spiro atoms. The molecule has 0 rings (SSSR count). The predicted molar refractivity (Wildman–Crippen MR) is 49.8 cm³/mol. The van der Waals surface area contributed by atoms with Crippen molar-refractivity contribution in [3.05, 3.63) is 0 Å². The second-order valence-corrected chi connectivity index (χ2v) is 3.07. The summed E-state index contributed by atoms with van der Waals surface area (Å²) in [7, 11) is 0. The Kier molecular flexibility index (Phi) is 5.50. The average molecular weight is 218 g/mol. The molecule has 7 nitrogen and oxygen atoms in total. The molecule has 7 heteroatoms. The van der Waals surface area contributed by atoms with Crippen molar-refractivity contribution in [2.45, 2.75) is 25.4 Å². The number of aliphatic carboxylic acids is 1. The minimum Gasteiger partial charge on any atom is -0.481 e. The molecule has 0 fully saturated rings. The molecule has 15 heavy (non-hydrogen) atoms. The van der Waals surface area contributed by atoms with E-state index in [0.717, 1.165) is 0 Å². The number of Topliss-reactive ketones (excluding diaryl/α,β-unsaturated/α-hetero) is 1. The largest absolute Gasteiger partial charge is 0.481 e. The molecule has 0 radical (unpaired) electrons.